The highest BCUT2D eigenvalue weighted by atomic mass is 19.3. The van der Waals surface area contributed by atoms with Crippen LogP contribution in [0.3, 0.4) is 0 Å². The van der Waals surface area contributed by atoms with E-state index in [2.05, 4.69) is 5.32 Å². The second-order valence-corrected chi connectivity index (χ2v) is 4.04. The molecule has 0 amide bonds. The number of hydrogen-bond acceptors (Lipinski definition) is 3. The lowest BCUT2D eigenvalue weighted by atomic mass is 10.1. The number of nitrogens with one attached hydrogen (secondary N) is 1. The van der Waals surface area contributed by atoms with Crippen molar-refractivity contribution in [2.75, 3.05) is 19.8 Å². The fourth-order valence-corrected chi connectivity index (χ4v) is 1.23. The summed E-state index contributed by atoms with van der Waals surface area (Å²) in [7, 11) is 0. The summed E-state index contributed by atoms with van der Waals surface area (Å²) in [5.41, 5.74) is -0.587. The number of hydrogen-bond donors (Lipinski definition) is 2. The fraction of sp³-hybridized carbons (Fsp3) is 1.00. The molecule has 1 unspecified atom stereocenters. The van der Waals surface area contributed by atoms with Gasteiger partial charge >= 0.3 is 0 Å². The van der Waals surface area contributed by atoms with Gasteiger partial charge in [0.15, 0.2) is 0 Å². The Labute approximate surface area is 82.4 Å². The lowest BCUT2D eigenvalue weighted by Crippen LogP contribution is -2.50. The Morgan fingerprint density at radius 3 is 2.64 bits per heavy atom. The molecular formula is C9H17F2NO2. The lowest BCUT2D eigenvalue weighted by molar-refractivity contribution is -0.0165. The SMILES string of the molecule is CC(CO)(COCC(F)F)NC1CC1. The summed E-state index contributed by atoms with van der Waals surface area (Å²) in [6.07, 6.45) is -0.270. The molecular weight excluding hydrogens is 192 g/mol. The van der Waals surface area contributed by atoms with E-state index in [1.165, 1.54) is 0 Å². The molecule has 0 aromatic rings. The number of ether oxygens (including phenoxy) is 1. The maximum Gasteiger partial charge on any atom is 0.261 e. The van der Waals surface area contributed by atoms with E-state index in [9.17, 15) is 8.78 Å². The number of aliphatic hydroxyl groups is 1. The molecule has 0 aliphatic heterocycles. The molecule has 0 heterocycles. The first-order valence-corrected chi connectivity index (χ1v) is 4.80. The summed E-state index contributed by atoms with van der Waals surface area (Å²) in [5.74, 6) is 0. The van der Waals surface area contributed by atoms with E-state index in [1.807, 2.05) is 0 Å². The van der Waals surface area contributed by atoms with Crippen molar-refractivity contribution >= 4 is 0 Å². The molecule has 3 nitrogen and oxygen atoms in total. The van der Waals surface area contributed by atoms with E-state index in [1.54, 1.807) is 6.92 Å². The smallest absolute Gasteiger partial charge is 0.261 e. The maximum atomic E-state index is 11.8. The van der Waals surface area contributed by atoms with E-state index in [0.717, 1.165) is 12.8 Å². The standard InChI is InChI=1S/C9H17F2NO2/c1-9(5-13,12-7-2-3-7)6-14-4-8(10)11/h7-8,12-13H,2-6H2,1H3. The highest BCUT2D eigenvalue weighted by molar-refractivity contribution is 4.92. The molecule has 1 aliphatic rings. The molecule has 1 saturated carbocycles. The maximum absolute atomic E-state index is 11.8. The Kier molecular flexibility index (Phi) is 4.22. The average molecular weight is 209 g/mol. The highest BCUT2D eigenvalue weighted by Gasteiger charge is 2.32. The molecule has 0 aromatic heterocycles. The summed E-state index contributed by atoms with van der Waals surface area (Å²) in [6, 6.07) is 0.419. The van der Waals surface area contributed by atoms with Gasteiger partial charge in [0.25, 0.3) is 6.43 Å². The van der Waals surface area contributed by atoms with Crippen LogP contribution in [-0.2, 0) is 4.74 Å². The van der Waals surface area contributed by atoms with E-state index in [4.69, 9.17) is 9.84 Å². The Morgan fingerprint density at radius 2 is 2.21 bits per heavy atom. The second-order valence-electron chi connectivity index (χ2n) is 4.04. The van der Waals surface area contributed by atoms with Crippen LogP contribution in [0.15, 0.2) is 0 Å². The van der Waals surface area contributed by atoms with E-state index in [-0.39, 0.29) is 13.2 Å². The van der Waals surface area contributed by atoms with Gasteiger partial charge in [-0.3, -0.25) is 0 Å². The van der Waals surface area contributed by atoms with Gasteiger partial charge in [0.2, 0.25) is 0 Å². The van der Waals surface area contributed by atoms with Crippen LogP contribution in [0.4, 0.5) is 8.78 Å². The zero-order valence-corrected chi connectivity index (χ0v) is 8.30. The van der Waals surface area contributed by atoms with Gasteiger partial charge < -0.3 is 15.2 Å². The van der Waals surface area contributed by atoms with Gasteiger partial charge in [-0.15, -0.1) is 0 Å². The number of alkyl halides is 2. The number of aliphatic hydroxyl groups excluding tert-OH is 1. The number of halogens is 2. The minimum absolute atomic E-state index is 0.104. The molecule has 1 aliphatic carbocycles. The van der Waals surface area contributed by atoms with Gasteiger partial charge in [0.1, 0.15) is 6.61 Å². The molecule has 1 fully saturated rings. The Bertz CT molecular complexity index is 176. The van der Waals surface area contributed by atoms with Crippen molar-refractivity contribution in [1.82, 2.24) is 5.32 Å². The van der Waals surface area contributed by atoms with E-state index >= 15 is 0 Å². The minimum Gasteiger partial charge on any atom is -0.394 e. The predicted molar refractivity (Wildman–Crippen MR) is 48.5 cm³/mol. The molecule has 0 saturated heterocycles. The third-order valence-electron chi connectivity index (χ3n) is 2.14. The predicted octanol–water partition coefficient (Wildman–Crippen LogP) is 0.771. The zero-order chi connectivity index (χ0) is 10.6. The first-order chi connectivity index (χ1) is 6.56. The summed E-state index contributed by atoms with van der Waals surface area (Å²) in [5, 5.41) is 12.3. The Hall–Kier alpha value is -0.260. The molecule has 0 radical (unpaired) electrons. The Morgan fingerprint density at radius 1 is 1.57 bits per heavy atom. The van der Waals surface area contributed by atoms with Crippen LogP contribution in [0.25, 0.3) is 0 Å². The monoisotopic (exact) mass is 209 g/mol. The van der Waals surface area contributed by atoms with Crippen molar-refractivity contribution in [3.05, 3.63) is 0 Å². The summed E-state index contributed by atoms with van der Waals surface area (Å²) in [4.78, 5) is 0. The third-order valence-corrected chi connectivity index (χ3v) is 2.14. The average Bonchev–Trinajstić information content (AvgIpc) is 2.87. The zero-order valence-electron chi connectivity index (χ0n) is 8.30. The van der Waals surface area contributed by atoms with E-state index < -0.39 is 18.6 Å². The highest BCUT2D eigenvalue weighted by Crippen LogP contribution is 2.22. The van der Waals surface area contributed by atoms with Gasteiger partial charge in [-0.05, 0) is 19.8 Å². The first kappa shape index (κ1) is 11.8. The first-order valence-electron chi connectivity index (χ1n) is 4.80. The molecule has 0 spiro atoms. The normalized spacial score (nSPS) is 21.2. The van der Waals surface area contributed by atoms with Crippen molar-refractivity contribution in [3.63, 3.8) is 0 Å². The molecule has 1 rings (SSSR count). The van der Waals surface area contributed by atoms with Gasteiger partial charge in [-0.2, -0.15) is 0 Å². The van der Waals surface area contributed by atoms with Gasteiger partial charge in [-0.1, -0.05) is 0 Å². The van der Waals surface area contributed by atoms with Gasteiger partial charge in [0, 0.05) is 6.04 Å². The van der Waals surface area contributed by atoms with Crippen molar-refractivity contribution in [1.29, 1.82) is 0 Å². The van der Waals surface area contributed by atoms with Crippen LogP contribution < -0.4 is 5.32 Å². The van der Waals surface area contributed by atoms with Crippen LogP contribution in [0.1, 0.15) is 19.8 Å². The van der Waals surface area contributed by atoms with Crippen LogP contribution in [0.5, 0.6) is 0 Å². The molecule has 14 heavy (non-hydrogen) atoms. The van der Waals surface area contributed by atoms with Crippen LogP contribution in [0, 0.1) is 0 Å². The molecule has 1 atom stereocenters. The van der Waals surface area contributed by atoms with Crippen LogP contribution >= 0.6 is 0 Å². The fourth-order valence-electron chi connectivity index (χ4n) is 1.23. The van der Waals surface area contributed by atoms with Crippen LogP contribution in [-0.4, -0.2) is 42.9 Å². The lowest BCUT2D eigenvalue weighted by Gasteiger charge is -2.28. The second kappa shape index (κ2) is 5.00. The quantitative estimate of drug-likeness (QED) is 0.650. The van der Waals surface area contributed by atoms with Gasteiger partial charge in [-0.25, -0.2) is 8.78 Å². The van der Waals surface area contributed by atoms with Crippen molar-refractivity contribution < 1.29 is 18.6 Å². The topological polar surface area (TPSA) is 41.5 Å². The van der Waals surface area contributed by atoms with E-state index in [0.29, 0.717) is 6.04 Å². The van der Waals surface area contributed by atoms with Crippen LogP contribution in [0.2, 0.25) is 0 Å². The molecule has 0 aromatic carbocycles. The largest absolute Gasteiger partial charge is 0.394 e. The third kappa shape index (κ3) is 4.30. The molecule has 84 valence electrons. The molecule has 5 heteroatoms. The summed E-state index contributed by atoms with van der Waals surface area (Å²) < 4.78 is 28.4. The Balaban J connectivity index is 2.20. The minimum atomic E-state index is -2.45. The summed E-state index contributed by atoms with van der Waals surface area (Å²) in [6.45, 7) is 1.22. The number of rotatable bonds is 7. The van der Waals surface area contributed by atoms with Crippen molar-refractivity contribution in [3.8, 4) is 0 Å². The molecule has 2 N–H and O–H groups in total. The van der Waals surface area contributed by atoms with Crippen molar-refractivity contribution in [2.24, 2.45) is 0 Å². The van der Waals surface area contributed by atoms with Crippen molar-refractivity contribution in [2.45, 2.75) is 37.8 Å². The van der Waals surface area contributed by atoms with Gasteiger partial charge in [0.05, 0.1) is 18.8 Å². The molecule has 0 bridgehead atoms. The summed E-state index contributed by atoms with van der Waals surface area (Å²) >= 11 is 0.